The van der Waals surface area contributed by atoms with Gasteiger partial charge < -0.3 is 14.5 Å². The Balaban J connectivity index is 1.53. The van der Waals surface area contributed by atoms with E-state index in [0.29, 0.717) is 19.6 Å². The van der Waals surface area contributed by atoms with E-state index in [1.54, 1.807) is 10.9 Å². The second-order valence-corrected chi connectivity index (χ2v) is 8.10. The molecule has 2 aliphatic rings. The van der Waals surface area contributed by atoms with E-state index >= 15 is 0 Å². The van der Waals surface area contributed by atoms with E-state index in [4.69, 9.17) is 4.74 Å². The molecule has 0 unspecified atom stereocenters. The van der Waals surface area contributed by atoms with Crippen molar-refractivity contribution in [3.63, 3.8) is 0 Å². The standard InChI is InChI=1S/C20H31N7O2/c1-24-6-3-7-26(9-8-24)15-18-20(16-13-22-25(2)14-16)27(10-11-29-18)19(28)12-17-4-5-21-23-17/h4-5,13-14,18,20H,3,6-12,15H2,1-2H3,(H,21,23)/t18-,20-/m0/s1. The van der Waals surface area contributed by atoms with Crippen molar-refractivity contribution in [2.45, 2.75) is 25.0 Å². The van der Waals surface area contributed by atoms with Crippen LogP contribution in [0.3, 0.4) is 0 Å². The molecule has 0 aromatic carbocycles. The van der Waals surface area contributed by atoms with E-state index in [9.17, 15) is 4.79 Å². The molecule has 2 atom stereocenters. The average Bonchev–Trinajstić information content (AvgIpc) is 3.32. The van der Waals surface area contributed by atoms with Gasteiger partial charge in [0.25, 0.3) is 0 Å². The molecule has 158 valence electrons. The summed E-state index contributed by atoms with van der Waals surface area (Å²) >= 11 is 0. The fourth-order valence-corrected chi connectivity index (χ4v) is 4.34. The maximum atomic E-state index is 13.2. The van der Waals surface area contributed by atoms with Crippen molar-refractivity contribution in [1.29, 1.82) is 0 Å². The lowest BCUT2D eigenvalue weighted by molar-refractivity contribution is -0.147. The van der Waals surface area contributed by atoms with Crippen LogP contribution in [0.2, 0.25) is 0 Å². The topological polar surface area (TPSA) is 82.5 Å². The Morgan fingerprint density at radius 2 is 2.14 bits per heavy atom. The zero-order chi connectivity index (χ0) is 20.2. The lowest BCUT2D eigenvalue weighted by atomic mass is 9.99. The smallest absolute Gasteiger partial charge is 0.229 e. The first-order chi connectivity index (χ1) is 14.1. The number of morpholine rings is 1. The molecular weight excluding hydrogens is 370 g/mol. The number of rotatable bonds is 5. The number of nitrogens with zero attached hydrogens (tertiary/aromatic N) is 6. The molecule has 1 N–H and O–H groups in total. The van der Waals surface area contributed by atoms with Gasteiger partial charge in [0.15, 0.2) is 0 Å². The normalized spacial score (nSPS) is 24.6. The number of amides is 1. The highest BCUT2D eigenvalue weighted by Crippen LogP contribution is 2.31. The van der Waals surface area contributed by atoms with Crippen LogP contribution in [0.4, 0.5) is 0 Å². The van der Waals surface area contributed by atoms with Gasteiger partial charge in [-0.3, -0.25) is 19.5 Å². The number of ether oxygens (including phenoxy) is 1. The van der Waals surface area contributed by atoms with E-state index in [1.165, 1.54) is 0 Å². The lowest BCUT2D eigenvalue weighted by Gasteiger charge is -2.42. The number of aromatic amines is 1. The Morgan fingerprint density at radius 1 is 1.24 bits per heavy atom. The number of aryl methyl sites for hydroxylation is 1. The van der Waals surface area contributed by atoms with Crippen molar-refractivity contribution in [1.82, 2.24) is 34.7 Å². The molecule has 4 heterocycles. The van der Waals surface area contributed by atoms with Crippen LogP contribution in [0.1, 0.15) is 23.7 Å². The summed E-state index contributed by atoms with van der Waals surface area (Å²) in [6.07, 6.45) is 6.95. The first-order valence-electron chi connectivity index (χ1n) is 10.4. The number of aromatic nitrogens is 4. The average molecular weight is 402 g/mol. The molecule has 2 aromatic heterocycles. The van der Waals surface area contributed by atoms with Gasteiger partial charge in [-0.1, -0.05) is 0 Å². The molecule has 2 saturated heterocycles. The maximum absolute atomic E-state index is 13.2. The summed E-state index contributed by atoms with van der Waals surface area (Å²) in [5.41, 5.74) is 1.86. The minimum Gasteiger partial charge on any atom is -0.373 e. The summed E-state index contributed by atoms with van der Waals surface area (Å²) in [6, 6.07) is 1.72. The van der Waals surface area contributed by atoms with Crippen molar-refractivity contribution < 1.29 is 9.53 Å². The lowest BCUT2D eigenvalue weighted by Crippen LogP contribution is -2.52. The zero-order valence-electron chi connectivity index (χ0n) is 17.3. The number of carbonyl (C=O) groups excluding carboxylic acids is 1. The van der Waals surface area contributed by atoms with E-state index in [1.807, 2.05) is 30.4 Å². The molecule has 0 aliphatic carbocycles. The van der Waals surface area contributed by atoms with Gasteiger partial charge in [-0.25, -0.2) is 0 Å². The Hall–Kier alpha value is -2.23. The molecule has 1 amide bonds. The van der Waals surface area contributed by atoms with Crippen LogP contribution in [-0.2, 0) is 23.0 Å². The molecule has 0 spiro atoms. The molecule has 9 heteroatoms. The highest BCUT2D eigenvalue weighted by molar-refractivity contribution is 5.79. The summed E-state index contributed by atoms with van der Waals surface area (Å²) in [5.74, 6) is 0.0898. The van der Waals surface area contributed by atoms with Crippen LogP contribution in [-0.4, -0.2) is 99.6 Å². The van der Waals surface area contributed by atoms with Gasteiger partial charge in [0.05, 0.1) is 31.4 Å². The van der Waals surface area contributed by atoms with Crippen molar-refractivity contribution in [3.05, 3.63) is 35.9 Å². The summed E-state index contributed by atoms with van der Waals surface area (Å²) in [6.45, 7) is 6.25. The van der Waals surface area contributed by atoms with E-state index in [2.05, 4.69) is 32.1 Å². The minimum absolute atomic E-state index is 0.0675. The van der Waals surface area contributed by atoms with Gasteiger partial charge in [-0.2, -0.15) is 10.2 Å². The van der Waals surface area contributed by atoms with Gasteiger partial charge in [0, 0.05) is 56.9 Å². The summed E-state index contributed by atoms with van der Waals surface area (Å²) in [4.78, 5) is 20.0. The first kappa shape index (κ1) is 20.1. The molecule has 0 radical (unpaired) electrons. The van der Waals surface area contributed by atoms with Crippen LogP contribution in [0.15, 0.2) is 24.7 Å². The number of nitrogens with one attached hydrogen (secondary N) is 1. The summed E-state index contributed by atoms with van der Waals surface area (Å²) in [5, 5.41) is 11.2. The second-order valence-electron chi connectivity index (χ2n) is 8.10. The minimum atomic E-state index is -0.131. The van der Waals surface area contributed by atoms with Gasteiger partial charge in [-0.05, 0) is 32.6 Å². The molecule has 2 fully saturated rings. The molecule has 0 saturated carbocycles. The Kier molecular flexibility index (Phi) is 6.27. The number of hydrogen-bond donors (Lipinski definition) is 1. The van der Waals surface area contributed by atoms with Gasteiger partial charge in [-0.15, -0.1) is 0 Å². The molecular formula is C20H31N7O2. The largest absolute Gasteiger partial charge is 0.373 e. The highest BCUT2D eigenvalue weighted by atomic mass is 16.5. The molecule has 4 rings (SSSR count). The summed E-state index contributed by atoms with van der Waals surface area (Å²) < 4.78 is 8.03. The van der Waals surface area contributed by atoms with Crippen molar-refractivity contribution in [2.75, 3.05) is 52.9 Å². The number of H-pyrrole nitrogens is 1. The fourth-order valence-electron chi connectivity index (χ4n) is 4.34. The van der Waals surface area contributed by atoms with E-state index in [-0.39, 0.29) is 18.1 Å². The van der Waals surface area contributed by atoms with Crippen LogP contribution >= 0.6 is 0 Å². The van der Waals surface area contributed by atoms with Crippen molar-refractivity contribution in [3.8, 4) is 0 Å². The molecule has 2 aliphatic heterocycles. The van der Waals surface area contributed by atoms with Gasteiger partial charge >= 0.3 is 0 Å². The molecule has 2 aromatic rings. The molecule has 29 heavy (non-hydrogen) atoms. The van der Waals surface area contributed by atoms with E-state index < -0.39 is 0 Å². The van der Waals surface area contributed by atoms with E-state index in [0.717, 1.165) is 50.4 Å². The third kappa shape index (κ3) is 4.85. The Morgan fingerprint density at radius 3 is 2.90 bits per heavy atom. The SMILES string of the molecule is CN1CCCN(C[C@@H]2OCCN(C(=O)Cc3ccn[nH]3)[C@H]2c2cnn(C)c2)CC1. The first-order valence-corrected chi connectivity index (χ1v) is 10.4. The molecule has 9 nitrogen and oxygen atoms in total. The van der Waals surface area contributed by atoms with Crippen molar-refractivity contribution >= 4 is 5.91 Å². The highest BCUT2D eigenvalue weighted by Gasteiger charge is 2.38. The fraction of sp³-hybridized carbons (Fsp3) is 0.650. The Labute approximate surface area is 171 Å². The third-order valence-electron chi connectivity index (χ3n) is 5.89. The predicted molar refractivity (Wildman–Crippen MR) is 108 cm³/mol. The van der Waals surface area contributed by atoms with Crippen LogP contribution in [0.25, 0.3) is 0 Å². The van der Waals surface area contributed by atoms with Crippen LogP contribution in [0, 0.1) is 0 Å². The quantitative estimate of drug-likeness (QED) is 0.776. The zero-order valence-corrected chi connectivity index (χ0v) is 17.3. The predicted octanol–water partition coefficient (Wildman–Crippen LogP) is 0.292. The number of hydrogen-bond acceptors (Lipinski definition) is 6. The Bertz CT molecular complexity index is 791. The molecule has 0 bridgehead atoms. The van der Waals surface area contributed by atoms with Gasteiger partial charge in [0.2, 0.25) is 5.91 Å². The maximum Gasteiger partial charge on any atom is 0.229 e. The van der Waals surface area contributed by atoms with Gasteiger partial charge in [0.1, 0.15) is 0 Å². The third-order valence-corrected chi connectivity index (χ3v) is 5.89. The monoisotopic (exact) mass is 401 g/mol. The summed E-state index contributed by atoms with van der Waals surface area (Å²) in [7, 11) is 4.08. The van der Waals surface area contributed by atoms with Crippen LogP contribution < -0.4 is 0 Å². The second kappa shape index (κ2) is 9.06. The van der Waals surface area contributed by atoms with Crippen LogP contribution in [0.5, 0.6) is 0 Å². The number of likely N-dealkylation sites (N-methyl/N-ethyl adjacent to an activating group) is 1. The number of carbonyl (C=O) groups is 1. The van der Waals surface area contributed by atoms with Crippen molar-refractivity contribution in [2.24, 2.45) is 7.05 Å².